The monoisotopic (exact) mass is 414 g/mol. The fraction of sp³-hybridized carbons (Fsp3) is 0.391. The van der Waals surface area contributed by atoms with E-state index in [2.05, 4.69) is 5.32 Å². The predicted octanol–water partition coefficient (Wildman–Crippen LogP) is 4.41. The molecule has 0 aromatic heterocycles. The molecular formula is C23H27ClN2O3. The molecule has 1 aliphatic rings. The third kappa shape index (κ3) is 5.97. The largest absolute Gasteiger partial charge is 0.493 e. The Morgan fingerprint density at radius 2 is 1.93 bits per heavy atom. The third-order valence-corrected chi connectivity index (χ3v) is 5.13. The van der Waals surface area contributed by atoms with Gasteiger partial charge in [0, 0.05) is 41.2 Å². The highest BCUT2D eigenvalue weighted by Gasteiger charge is 2.25. The summed E-state index contributed by atoms with van der Waals surface area (Å²) in [5.74, 6) is 0.923. The molecule has 3 rings (SSSR count). The average molecular weight is 415 g/mol. The first-order valence-corrected chi connectivity index (χ1v) is 10.4. The van der Waals surface area contributed by atoms with E-state index in [0.717, 1.165) is 25.1 Å². The van der Waals surface area contributed by atoms with Crippen LogP contribution in [-0.4, -0.2) is 42.5 Å². The van der Waals surface area contributed by atoms with E-state index in [1.165, 1.54) is 0 Å². The van der Waals surface area contributed by atoms with Gasteiger partial charge in [0.25, 0.3) is 11.8 Å². The van der Waals surface area contributed by atoms with Gasteiger partial charge in [-0.15, -0.1) is 0 Å². The number of nitrogens with one attached hydrogen (secondary N) is 1. The maximum absolute atomic E-state index is 12.7. The topological polar surface area (TPSA) is 58.6 Å². The molecule has 5 nitrogen and oxygen atoms in total. The normalized spacial score (nSPS) is 16.6. The van der Waals surface area contributed by atoms with Gasteiger partial charge < -0.3 is 15.0 Å². The van der Waals surface area contributed by atoms with Crippen molar-refractivity contribution < 1.29 is 14.3 Å². The van der Waals surface area contributed by atoms with Crippen molar-refractivity contribution in [2.75, 3.05) is 19.7 Å². The average Bonchev–Trinajstić information content (AvgIpc) is 2.72. The smallest absolute Gasteiger partial charge is 0.253 e. The maximum atomic E-state index is 12.7. The van der Waals surface area contributed by atoms with Gasteiger partial charge in [-0.25, -0.2) is 0 Å². The van der Waals surface area contributed by atoms with Crippen LogP contribution in [0.3, 0.4) is 0 Å². The number of benzene rings is 2. The molecule has 1 aliphatic heterocycles. The van der Waals surface area contributed by atoms with Crippen LogP contribution in [0, 0.1) is 5.92 Å². The minimum Gasteiger partial charge on any atom is -0.493 e. The number of likely N-dealkylation sites (tertiary alicyclic amines) is 1. The first-order valence-electron chi connectivity index (χ1n) is 10.0. The van der Waals surface area contributed by atoms with E-state index in [9.17, 15) is 9.59 Å². The Hall–Kier alpha value is -2.53. The second-order valence-corrected chi connectivity index (χ2v) is 8.17. The second kappa shape index (κ2) is 9.79. The van der Waals surface area contributed by atoms with Gasteiger partial charge in [0.15, 0.2) is 0 Å². The molecule has 1 N–H and O–H groups in total. The predicted molar refractivity (Wildman–Crippen MR) is 115 cm³/mol. The van der Waals surface area contributed by atoms with Gasteiger partial charge in [0.05, 0.1) is 6.61 Å². The SMILES string of the molecule is CC(C)NC(=O)c1ccc(OC[C@@H]2CCCN(C(=O)c3cccc(Cl)c3)C2)cc1. The summed E-state index contributed by atoms with van der Waals surface area (Å²) in [6, 6.07) is 14.3. The molecule has 6 heteroatoms. The van der Waals surface area contributed by atoms with Crippen LogP contribution >= 0.6 is 11.6 Å². The van der Waals surface area contributed by atoms with Gasteiger partial charge in [-0.2, -0.15) is 0 Å². The number of hydrogen-bond donors (Lipinski definition) is 1. The molecule has 0 saturated carbocycles. The van der Waals surface area contributed by atoms with Crippen LogP contribution in [0.4, 0.5) is 0 Å². The Kier molecular flexibility index (Phi) is 7.15. The van der Waals surface area contributed by atoms with Gasteiger partial charge in [-0.1, -0.05) is 17.7 Å². The molecule has 1 fully saturated rings. The number of halogens is 1. The number of piperidine rings is 1. The highest BCUT2D eigenvalue weighted by atomic mass is 35.5. The van der Waals surface area contributed by atoms with Crippen LogP contribution in [0.1, 0.15) is 47.4 Å². The zero-order valence-corrected chi connectivity index (χ0v) is 17.6. The van der Waals surface area contributed by atoms with Crippen LogP contribution in [0.25, 0.3) is 0 Å². The van der Waals surface area contributed by atoms with Gasteiger partial charge in [0.2, 0.25) is 0 Å². The van der Waals surface area contributed by atoms with E-state index in [1.54, 1.807) is 36.4 Å². The van der Waals surface area contributed by atoms with Crippen molar-refractivity contribution in [2.45, 2.75) is 32.7 Å². The highest BCUT2D eigenvalue weighted by molar-refractivity contribution is 6.30. The van der Waals surface area contributed by atoms with Crippen LogP contribution in [0.15, 0.2) is 48.5 Å². The molecule has 2 aromatic carbocycles. The summed E-state index contributed by atoms with van der Waals surface area (Å²) >= 11 is 6.01. The Balaban J connectivity index is 1.53. The Labute approximate surface area is 177 Å². The molecular weight excluding hydrogens is 388 g/mol. The molecule has 0 spiro atoms. The molecule has 0 unspecified atom stereocenters. The van der Waals surface area contributed by atoms with E-state index in [-0.39, 0.29) is 23.8 Å². The number of ether oxygens (including phenoxy) is 1. The number of carbonyl (C=O) groups excluding carboxylic acids is 2. The lowest BCUT2D eigenvalue weighted by Crippen LogP contribution is -2.41. The number of hydrogen-bond acceptors (Lipinski definition) is 3. The maximum Gasteiger partial charge on any atom is 0.253 e. The van der Waals surface area contributed by atoms with E-state index in [4.69, 9.17) is 16.3 Å². The zero-order chi connectivity index (χ0) is 20.8. The molecule has 1 saturated heterocycles. The standard InChI is InChI=1S/C23H27ClN2O3/c1-16(2)25-22(27)18-8-10-21(11-9-18)29-15-17-5-4-12-26(14-17)23(28)19-6-3-7-20(24)13-19/h3,6-11,13,16-17H,4-5,12,14-15H2,1-2H3,(H,25,27)/t17-/m1/s1. The fourth-order valence-electron chi connectivity index (χ4n) is 3.45. The molecule has 29 heavy (non-hydrogen) atoms. The van der Waals surface area contributed by atoms with E-state index < -0.39 is 0 Å². The third-order valence-electron chi connectivity index (χ3n) is 4.90. The van der Waals surface area contributed by atoms with E-state index >= 15 is 0 Å². The molecule has 0 radical (unpaired) electrons. The van der Waals surface area contributed by atoms with Gasteiger partial charge in [-0.3, -0.25) is 9.59 Å². The molecule has 1 atom stereocenters. The zero-order valence-electron chi connectivity index (χ0n) is 16.9. The summed E-state index contributed by atoms with van der Waals surface area (Å²) in [6.45, 7) is 5.82. The minimum atomic E-state index is -0.0889. The van der Waals surface area contributed by atoms with Crippen LogP contribution < -0.4 is 10.1 Å². The minimum absolute atomic E-state index is 0.0118. The van der Waals surface area contributed by atoms with Gasteiger partial charge >= 0.3 is 0 Å². The lowest BCUT2D eigenvalue weighted by atomic mass is 9.98. The molecule has 2 amide bonds. The number of nitrogens with zero attached hydrogens (tertiary/aromatic N) is 1. The second-order valence-electron chi connectivity index (χ2n) is 7.73. The van der Waals surface area contributed by atoms with Crippen molar-refractivity contribution in [1.29, 1.82) is 0 Å². The van der Waals surface area contributed by atoms with Crippen molar-refractivity contribution in [2.24, 2.45) is 5.92 Å². The van der Waals surface area contributed by atoms with Crippen molar-refractivity contribution in [3.05, 3.63) is 64.7 Å². The quantitative estimate of drug-likeness (QED) is 0.761. The Morgan fingerprint density at radius 1 is 1.17 bits per heavy atom. The van der Waals surface area contributed by atoms with Crippen LogP contribution in [-0.2, 0) is 0 Å². The van der Waals surface area contributed by atoms with Crippen LogP contribution in [0.2, 0.25) is 5.02 Å². The van der Waals surface area contributed by atoms with Crippen molar-refractivity contribution in [3.8, 4) is 5.75 Å². The van der Waals surface area contributed by atoms with E-state index in [0.29, 0.717) is 29.3 Å². The van der Waals surface area contributed by atoms with Gasteiger partial charge in [-0.05, 0) is 69.2 Å². The fourth-order valence-corrected chi connectivity index (χ4v) is 3.64. The van der Waals surface area contributed by atoms with Crippen molar-refractivity contribution >= 4 is 23.4 Å². The Bertz CT molecular complexity index is 851. The molecule has 154 valence electrons. The summed E-state index contributed by atoms with van der Waals surface area (Å²) in [4.78, 5) is 26.6. The van der Waals surface area contributed by atoms with Crippen LogP contribution in [0.5, 0.6) is 5.75 Å². The summed E-state index contributed by atoms with van der Waals surface area (Å²) in [6.07, 6.45) is 1.98. The molecule has 0 aliphatic carbocycles. The summed E-state index contributed by atoms with van der Waals surface area (Å²) in [7, 11) is 0. The lowest BCUT2D eigenvalue weighted by molar-refractivity contribution is 0.0633. The molecule has 2 aromatic rings. The summed E-state index contributed by atoms with van der Waals surface area (Å²) in [5, 5.41) is 3.44. The van der Waals surface area contributed by atoms with Crippen molar-refractivity contribution in [3.63, 3.8) is 0 Å². The lowest BCUT2D eigenvalue weighted by Gasteiger charge is -2.32. The number of carbonyl (C=O) groups is 2. The highest BCUT2D eigenvalue weighted by Crippen LogP contribution is 2.22. The van der Waals surface area contributed by atoms with Crippen molar-refractivity contribution in [1.82, 2.24) is 10.2 Å². The molecule has 0 bridgehead atoms. The molecule has 1 heterocycles. The summed E-state index contributed by atoms with van der Waals surface area (Å²) in [5.41, 5.74) is 1.23. The first-order chi connectivity index (χ1) is 13.9. The van der Waals surface area contributed by atoms with E-state index in [1.807, 2.05) is 30.9 Å². The Morgan fingerprint density at radius 3 is 2.62 bits per heavy atom. The number of amides is 2. The van der Waals surface area contributed by atoms with Gasteiger partial charge in [0.1, 0.15) is 5.75 Å². The first kappa shape index (κ1) is 21.2. The number of rotatable bonds is 6. The summed E-state index contributed by atoms with van der Waals surface area (Å²) < 4.78 is 5.92.